The predicted molar refractivity (Wildman–Crippen MR) is 79.0 cm³/mol. The summed E-state index contributed by atoms with van der Waals surface area (Å²) in [7, 11) is -2.93. The highest BCUT2D eigenvalue weighted by atomic mass is 32.2. The average Bonchev–Trinajstić information content (AvgIpc) is 2.38. The minimum atomic E-state index is -2.93. The first-order chi connectivity index (χ1) is 9.45. The van der Waals surface area contributed by atoms with Gasteiger partial charge in [-0.25, -0.2) is 12.8 Å². The fourth-order valence-electron chi connectivity index (χ4n) is 2.83. The summed E-state index contributed by atoms with van der Waals surface area (Å²) in [6, 6.07) is 6.86. The molecule has 0 spiro atoms. The molecule has 5 heteroatoms. The van der Waals surface area contributed by atoms with Gasteiger partial charge in [-0.1, -0.05) is 18.6 Å². The van der Waals surface area contributed by atoms with E-state index in [0.717, 1.165) is 37.8 Å². The average molecular weight is 299 g/mol. The third-order valence-corrected chi connectivity index (χ3v) is 5.61. The largest absolute Gasteiger partial charge is 0.314 e. The summed E-state index contributed by atoms with van der Waals surface area (Å²) < 4.78 is 36.2. The van der Waals surface area contributed by atoms with Crippen molar-refractivity contribution in [3.63, 3.8) is 0 Å². The lowest BCUT2D eigenvalue weighted by Crippen LogP contribution is -2.39. The molecule has 0 aliphatic heterocycles. The van der Waals surface area contributed by atoms with Crippen LogP contribution in [0.5, 0.6) is 0 Å². The van der Waals surface area contributed by atoms with E-state index in [1.807, 2.05) is 6.07 Å². The van der Waals surface area contributed by atoms with E-state index in [0.29, 0.717) is 6.42 Å². The van der Waals surface area contributed by atoms with E-state index in [1.54, 1.807) is 12.1 Å². The zero-order chi connectivity index (χ0) is 14.6. The van der Waals surface area contributed by atoms with Crippen molar-refractivity contribution in [1.82, 2.24) is 5.32 Å². The Bertz CT molecular complexity index is 545. The van der Waals surface area contributed by atoms with E-state index >= 15 is 0 Å². The Morgan fingerprint density at radius 3 is 2.85 bits per heavy atom. The number of benzene rings is 1. The second-order valence-corrected chi connectivity index (χ2v) is 7.97. The number of hydrogen-bond donors (Lipinski definition) is 1. The SMILES string of the molecule is CS(=O)(=O)C1CCCC(NCCc2cccc(F)c2)C1. The number of halogens is 1. The molecule has 0 heterocycles. The molecule has 112 valence electrons. The van der Waals surface area contributed by atoms with Gasteiger partial charge in [0.1, 0.15) is 15.7 Å². The highest BCUT2D eigenvalue weighted by Crippen LogP contribution is 2.23. The molecule has 2 rings (SSSR count). The lowest BCUT2D eigenvalue weighted by atomic mass is 9.95. The molecule has 0 aromatic heterocycles. The van der Waals surface area contributed by atoms with Gasteiger partial charge < -0.3 is 5.32 Å². The van der Waals surface area contributed by atoms with E-state index in [9.17, 15) is 12.8 Å². The van der Waals surface area contributed by atoms with Crippen LogP contribution in [0.4, 0.5) is 4.39 Å². The summed E-state index contributed by atoms with van der Waals surface area (Å²) >= 11 is 0. The smallest absolute Gasteiger partial charge is 0.150 e. The molecule has 0 radical (unpaired) electrons. The fraction of sp³-hybridized carbons (Fsp3) is 0.600. The van der Waals surface area contributed by atoms with Gasteiger partial charge in [-0.15, -0.1) is 0 Å². The molecule has 0 amide bonds. The number of hydrogen-bond acceptors (Lipinski definition) is 3. The molecule has 2 unspecified atom stereocenters. The van der Waals surface area contributed by atoms with Crippen molar-refractivity contribution in [3.8, 4) is 0 Å². The Labute approximate surface area is 120 Å². The van der Waals surface area contributed by atoms with E-state index in [4.69, 9.17) is 0 Å². The molecular weight excluding hydrogens is 277 g/mol. The van der Waals surface area contributed by atoms with E-state index in [-0.39, 0.29) is 17.1 Å². The van der Waals surface area contributed by atoms with Crippen LogP contribution in [-0.2, 0) is 16.3 Å². The van der Waals surface area contributed by atoms with Crippen LogP contribution in [0.25, 0.3) is 0 Å². The second-order valence-electron chi connectivity index (χ2n) is 5.65. The summed E-state index contributed by atoms with van der Waals surface area (Å²) in [6.07, 6.45) is 5.54. The lowest BCUT2D eigenvalue weighted by molar-refractivity contribution is 0.374. The Morgan fingerprint density at radius 2 is 2.15 bits per heavy atom. The van der Waals surface area contributed by atoms with Crippen molar-refractivity contribution in [1.29, 1.82) is 0 Å². The minimum Gasteiger partial charge on any atom is -0.314 e. The van der Waals surface area contributed by atoms with Crippen molar-refractivity contribution < 1.29 is 12.8 Å². The van der Waals surface area contributed by atoms with Gasteiger partial charge in [0.15, 0.2) is 0 Å². The monoisotopic (exact) mass is 299 g/mol. The van der Waals surface area contributed by atoms with Gasteiger partial charge >= 0.3 is 0 Å². The first kappa shape index (κ1) is 15.4. The Morgan fingerprint density at radius 1 is 1.35 bits per heavy atom. The molecule has 1 saturated carbocycles. The van der Waals surface area contributed by atoms with Crippen LogP contribution >= 0.6 is 0 Å². The van der Waals surface area contributed by atoms with Gasteiger partial charge in [-0.3, -0.25) is 0 Å². The molecule has 1 aromatic rings. The van der Waals surface area contributed by atoms with Crippen LogP contribution < -0.4 is 5.32 Å². The third kappa shape index (κ3) is 4.56. The quantitative estimate of drug-likeness (QED) is 0.907. The van der Waals surface area contributed by atoms with Crippen molar-refractivity contribution in [2.24, 2.45) is 0 Å². The highest BCUT2D eigenvalue weighted by molar-refractivity contribution is 7.91. The molecule has 1 aliphatic rings. The van der Waals surface area contributed by atoms with E-state index in [2.05, 4.69) is 5.32 Å². The maximum Gasteiger partial charge on any atom is 0.150 e. The van der Waals surface area contributed by atoms with Crippen LogP contribution in [0.15, 0.2) is 24.3 Å². The summed E-state index contributed by atoms with van der Waals surface area (Å²) in [5, 5.41) is 3.20. The number of sulfone groups is 1. The molecule has 1 N–H and O–H groups in total. The van der Waals surface area contributed by atoms with Gasteiger partial charge in [0.05, 0.1) is 5.25 Å². The maximum atomic E-state index is 13.0. The summed E-state index contributed by atoms with van der Waals surface area (Å²) in [4.78, 5) is 0. The third-order valence-electron chi connectivity index (χ3n) is 3.97. The summed E-state index contributed by atoms with van der Waals surface area (Å²) in [6.45, 7) is 0.755. The fourth-order valence-corrected chi connectivity index (χ4v) is 4.01. The van der Waals surface area contributed by atoms with Gasteiger partial charge in [0, 0.05) is 12.3 Å². The second kappa shape index (κ2) is 6.68. The molecule has 1 fully saturated rings. The number of nitrogens with one attached hydrogen (secondary N) is 1. The molecule has 1 aliphatic carbocycles. The van der Waals surface area contributed by atoms with Crippen LogP contribution in [0, 0.1) is 5.82 Å². The molecule has 2 atom stereocenters. The van der Waals surface area contributed by atoms with Gasteiger partial charge in [-0.2, -0.15) is 0 Å². The number of rotatable bonds is 5. The van der Waals surface area contributed by atoms with Crippen molar-refractivity contribution in [2.45, 2.75) is 43.4 Å². The maximum absolute atomic E-state index is 13.0. The topological polar surface area (TPSA) is 46.2 Å². The van der Waals surface area contributed by atoms with Crippen LogP contribution in [0.2, 0.25) is 0 Å². The van der Waals surface area contributed by atoms with Crippen molar-refractivity contribution in [3.05, 3.63) is 35.6 Å². The zero-order valence-corrected chi connectivity index (χ0v) is 12.6. The molecule has 0 bridgehead atoms. The highest BCUT2D eigenvalue weighted by Gasteiger charge is 2.28. The Hall–Kier alpha value is -0.940. The Balaban J connectivity index is 1.79. The van der Waals surface area contributed by atoms with Crippen LogP contribution in [0.1, 0.15) is 31.2 Å². The first-order valence-electron chi connectivity index (χ1n) is 7.12. The normalized spacial score (nSPS) is 23.7. The summed E-state index contributed by atoms with van der Waals surface area (Å²) in [5.74, 6) is -0.211. The minimum absolute atomic E-state index is 0.206. The molecular formula is C15H22FNO2S. The van der Waals surface area contributed by atoms with Gasteiger partial charge in [0.25, 0.3) is 0 Å². The standard InChI is InChI=1S/C15H22FNO2S/c1-20(18,19)15-7-3-6-14(11-15)17-9-8-12-4-2-5-13(16)10-12/h2,4-5,10,14-15,17H,3,6-9,11H2,1H3. The Kier molecular flexibility index (Phi) is 5.16. The van der Waals surface area contributed by atoms with Crippen molar-refractivity contribution >= 4 is 9.84 Å². The van der Waals surface area contributed by atoms with Gasteiger partial charge in [-0.05, 0) is 49.9 Å². The lowest BCUT2D eigenvalue weighted by Gasteiger charge is -2.28. The molecule has 20 heavy (non-hydrogen) atoms. The van der Waals surface area contributed by atoms with Gasteiger partial charge in [0.2, 0.25) is 0 Å². The predicted octanol–water partition coefficient (Wildman–Crippen LogP) is 2.31. The first-order valence-corrected chi connectivity index (χ1v) is 9.07. The molecule has 0 saturated heterocycles. The zero-order valence-electron chi connectivity index (χ0n) is 11.8. The van der Waals surface area contributed by atoms with Crippen molar-refractivity contribution in [2.75, 3.05) is 12.8 Å². The van der Waals surface area contributed by atoms with E-state index in [1.165, 1.54) is 12.3 Å². The van der Waals surface area contributed by atoms with Crippen LogP contribution in [0.3, 0.4) is 0 Å². The molecule has 3 nitrogen and oxygen atoms in total. The van der Waals surface area contributed by atoms with Crippen LogP contribution in [-0.4, -0.2) is 32.5 Å². The molecule has 1 aromatic carbocycles. The summed E-state index contributed by atoms with van der Waals surface area (Å²) in [5.41, 5.74) is 0.966. The van der Waals surface area contributed by atoms with E-state index < -0.39 is 9.84 Å².